The van der Waals surface area contributed by atoms with Crippen LogP contribution in [0.4, 0.5) is 0 Å². The predicted octanol–water partition coefficient (Wildman–Crippen LogP) is -0.486. The first-order valence-electron chi connectivity index (χ1n) is 20.1. The van der Waals surface area contributed by atoms with E-state index in [9.17, 15) is 45.6 Å². The number of Topliss-reactive ketones (excluding diaryl/α,β-unsaturated/α-hetero) is 1. The van der Waals surface area contributed by atoms with Gasteiger partial charge in [0.2, 0.25) is 0 Å². The van der Waals surface area contributed by atoms with Crippen LogP contribution in [0.3, 0.4) is 0 Å². The molecular formula is C39H60O15. The van der Waals surface area contributed by atoms with Crippen molar-refractivity contribution in [2.75, 3.05) is 26.4 Å². The lowest BCUT2D eigenvalue weighted by atomic mass is 9.46. The molecule has 4 aliphatic carbocycles. The second-order valence-corrected chi connectivity index (χ2v) is 18.1. The summed E-state index contributed by atoms with van der Waals surface area (Å²) in [4.78, 5) is 14.5. The number of aliphatic hydroxyl groups excluding tert-OH is 8. The second kappa shape index (κ2) is 14.6. The van der Waals surface area contributed by atoms with Crippen molar-refractivity contribution in [2.45, 2.75) is 152 Å². The molecule has 54 heavy (non-hydrogen) atoms. The van der Waals surface area contributed by atoms with E-state index >= 15 is 0 Å². The maximum absolute atomic E-state index is 14.5. The first-order valence-corrected chi connectivity index (χ1v) is 20.1. The molecule has 0 aromatic rings. The van der Waals surface area contributed by atoms with Gasteiger partial charge in [-0.05, 0) is 61.7 Å². The molecule has 8 N–H and O–H groups in total. The maximum Gasteiger partial charge on any atom is 0.187 e. The third-order valence-corrected chi connectivity index (χ3v) is 15.6. The van der Waals surface area contributed by atoms with Crippen molar-refractivity contribution < 1.29 is 74.1 Å². The van der Waals surface area contributed by atoms with Crippen LogP contribution in [0, 0.1) is 46.3 Å². The zero-order valence-electron chi connectivity index (χ0n) is 31.4. The lowest BCUT2D eigenvalue weighted by Crippen LogP contribution is -2.65. The van der Waals surface area contributed by atoms with Crippen molar-refractivity contribution in [1.82, 2.24) is 0 Å². The summed E-state index contributed by atoms with van der Waals surface area (Å²) >= 11 is 0. The summed E-state index contributed by atoms with van der Waals surface area (Å²) < 4.78 is 36.5. The van der Waals surface area contributed by atoms with Gasteiger partial charge in [-0.15, -0.1) is 0 Å². The van der Waals surface area contributed by atoms with Crippen LogP contribution in [0.25, 0.3) is 0 Å². The van der Waals surface area contributed by atoms with Gasteiger partial charge in [-0.2, -0.15) is 0 Å². The van der Waals surface area contributed by atoms with E-state index in [-0.39, 0.29) is 53.8 Å². The molecule has 0 aromatic heterocycles. The minimum atomic E-state index is -1.75. The van der Waals surface area contributed by atoms with E-state index in [2.05, 4.69) is 26.8 Å². The van der Waals surface area contributed by atoms with Gasteiger partial charge < -0.3 is 69.3 Å². The van der Waals surface area contributed by atoms with Gasteiger partial charge in [0.05, 0.1) is 32.0 Å². The van der Waals surface area contributed by atoms with Gasteiger partial charge in [-0.1, -0.05) is 32.4 Å². The largest absolute Gasteiger partial charge is 0.396 e. The molecule has 0 bridgehead atoms. The Balaban J connectivity index is 0.925. The molecule has 3 saturated carbocycles. The fourth-order valence-electron chi connectivity index (χ4n) is 12.4. The SMILES string of the molecule is C[C@H]1[C@H]2[C@H](C[C@H]3[C@@H]4CC=C5C[C@@H](O[C@@H]6O[C@H](CO)[C@H](O[C@@H]7O[C@H](CO)[C@@H](O)[C@H](O)[C@H]7O)[C@@H](O)[C@H]6O)CC[C@]5(C)[C@H]4CC(=O)[C@]23C)O[C@]12CC[C@@H](CO)CO2. The van der Waals surface area contributed by atoms with Crippen molar-refractivity contribution in [3.63, 3.8) is 0 Å². The van der Waals surface area contributed by atoms with Gasteiger partial charge in [0, 0.05) is 42.6 Å². The molecule has 8 rings (SSSR count). The van der Waals surface area contributed by atoms with Crippen molar-refractivity contribution in [1.29, 1.82) is 0 Å². The molecule has 0 amide bonds. The quantitative estimate of drug-likeness (QED) is 0.153. The molecule has 4 heterocycles. The Bertz CT molecular complexity index is 1420. The molecule has 306 valence electrons. The fraction of sp³-hybridized carbons (Fsp3) is 0.923. The van der Waals surface area contributed by atoms with E-state index in [1.54, 1.807) is 0 Å². The van der Waals surface area contributed by atoms with Gasteiger partial charge in [-0.25, -0.2) is 0 Å². The van der Waals surface area contributed by atoms with Crippen LogP contribution in [-0.2, 0) is 33.2 Å². The van der Waals surface area contributed by atoms with E-state index < -0.39 is 85.8 Å². The van der Waals surface area contributed by atoms with Crippen LogP contribution in [0.15, 0.2) is 11.6 Å². The normalized spacial score (nSPS) is 55.8. The number of fused-ring (bicyclic) bond motifs is 7. The average Bonchev–Trinajstić information content (AvgIpc) is 3.61. The Morgan fingerprint density at radius 3 is 2.20 bits per heavy atom. The molecular weight excluding hydrogens is 708 g/mol. The van der Waals surface area contributed by atoms with E-state index in [0.717, 1.165) is 32.1 Å². The van der Waals surface area contributed by atoms with E-state index in [0.29, 0.717) is 37.6 Å². The number of carbonyl (C=O) groups excluding carboxylic acids is 1. The van der Waals surface area contributed by atoms with Crippen LogP contribution in [-0.4, -0.2) is 152 Å². The van der Waals surface area contributed by atoms with Crippen molar-refractivity contribution in [3.8, 4) is 0 Å². The molecule has 8 aliphatic rings. The van der Waals surface area contributed by atoms with Gasteiger partial charge in [0.15, 0.2) is 18.4 Å². The van der Waals surface area contributed by atoms with Gasteiger partial charge in [0.1, 0.15) is 54.6 Å². The number of hydrogen-bond donors (Lipinski definition) is 8. The molecule has 15 heteroatoms. The summed E-state index contributed by atoms with van der Waals surface area (Å²) in [5, 5.41) is 82.4. The van der Waals surface area contributed by atoms with Crippen LogP contribution >= 0.6 is 0 Å². The lowest BCUT2D eigenvalue weighted by Gasteiger charge is -2.58. The molecule has 0 unspecified atom stereocenters. The number of rotatable bonds is 7. The zero-order chi connectivity index (χ0) is 38.5. The zero-order valence-corrected chi connectivity index (χ0v) is 31.4. The van der Waals surface area contributed by atoms with Gasteiger partial charge in [0.25, 0.3) is 0 Å². The molecule has 15 nitrogen and oxygen atoms in total. The van der Waals surface area contributed by atoms with Crippen molar-refractivity contribution in [3.05, 3.63) is 11.6 Å². The first-order chi connectivity index (χ1) is 25.7. The summed E-state index contributed by atoms with van der Waals surface area (Å²) in [6.07, 6.45) is -7.40. The molecule has 7 fully saturated rings. The second-order valence-electron chi connectivity index (χ2n) is 18.1. The Hall–Kier alpha value is -1.15. The number of ether oxygens (including phenoxy) is 6. The van der Waals surface area contributed by atoms with Gasteiger partial charge >= 0.3 is 0 Å². The van der Waals surface area contributed by atoms with Crippen LogP contribution in [0.5, 0.6) is 0 Å². The topological polar surface area (TPSA) is 234 Å². The Labute approximate surface area is 315 Å². The van der Waals surface area contributed by atoms with Crippen LogP contribution < -0.4 is 0 Å². The predicted molar refractivity (Wildman–Crippen MR) is 185 cm³/mol. The highest BCUT2D eigenvalue weighted by Gasteiger charge is 2.71. The minimum absolute atomic E-state index is 0.0343. The number of hydrogen-bond acceptors (Lipinski definition) is 15. The molecule has 0 radical (unpaired) electrons. The number of aliphatic hydroxyl groups is 8. The van der Waals surface area contributed by atoms with Crippen LogP contribution in [0.2, 0.25) is 0 Å². The Morgan fingerprint density at radius 2 is 1.52 bits per heavy atom. The fourth-order valence-corrected chi connectivity index (χ4v) is 12.4. The van der Waals surface area contributed by atoms with Crippen molar-refractivity contribution in [2.24, 2.45) is 46.3 Å². The standard InChI is InChI=1S/C39H60O15/c1-17-28-24(54-39(17)9-6-18(13-40)16-49-39)11-23-21-5-4-19-10-20(7-8-37(19,2)22(21)12-27(43)38(23,28)3)50-35-33(48)31(46)34(26(15-42)52-35)53-36-32(47)30(45)29(44)25(14-41)51-36/h4,17-18,20-26,28-36,40-42,44-48H,5-16H2,1-3H3/t17-,18-,20-,21+,22-,23-,24-,25+,26+,28-,29+,30-,31-,32+,33+,34-,35+,36-,37-,38+,39+/m0/s1. The van der Waals surface area contributed by atoms with E-state index in [1.165, 1.54) is 5.57 Å². The number of allylic oxidation sites excluding steroid dienone is 1. The van der Waals surface area contributed by atoms with Crippen molar-refractivity contribution >= 4 is 5.78 Å². The Morgan fingerprint density at radius 1 is 0.815 bits per heavy atom. The highest BCUT2D eigenvalue weighted by molar-refractivity contribution is 5.87. The lowest BCUT2D eigenvalue weighted by molar-refractivity contribution is -0.363. The summed E-state index contributed by atoms with van der Waals surface area (Å²) in [7, 11) is 0. The molecule has 4 saturated heterocycles. The molecule has 21 atom stereocenters. The highest BCUT2D eigenvalue weighted by Crippen LogP contribution is 2.69. The summed E-state index contributed by atoms with van der Waals surface area (Å²) in [5.41, 5.74) is 0.526. The van der Waals surface area contributed by atoms with E-state index in [1.807, 2.05) is 0 Å². The third kappa shape index (κ3) is 6.02. The first kappa shape index (κ1) is 39.7. The minimum Gasteiger partial charge on any atom is -0.396 e. The summed E-state index contributed by atoms with van der Waals surface area (Å²) in [6.45, 7) is 5.93. The maximum atomic E-state index is 14.5. The smallest absolute Gasteiger partial charge is 0.187 e. The third-order valence-electron chi connectivity index (χ3n) is 15.6. The molecule has 0 aromatic carbocycles. The molecule has 1 spiro atoms. The summed E-state index contributed by atoms with van der Waals surface area (Å²) in [6, 6.07) is 0. The average molecular weight is 769 g/mol. The Kier molecular flexibility index (Phi) is 10.7. The van der Waals surface area contributed by atoms with E-state index in [4.69, 9.17) is 28.4 Å². The monoisotopic (exact) mass is 768 g/mol. The molecule has 4 aliphatic heterocycles. The summed E-state index contributed by atoms with van der Waals surface area (Å²) in [5.74, 6) is 0.655. The number of ketones is 1. The van der Waals surface area contributed by atoms with Crippen LogP contribution in [0.1, 0.15) is 72.1 Å². The number of carbonyl (C=O) groups is 1. The highest BCUT2D eigenvalue weighted by atomic mass is 16.7. The van der Waals surface area contributed by atoms with Gasteiger partial charge in [-0.3, -0.25) is 4.79 Å².